The lowest BCUT2D eigenvalue weighted by atomic mass is 10.1. The van der Waals surface area contributed by atoms with Gasteiger partial charge in [-0.05, 0) is 12.1 Å². The van der Waals surface area contributed by atoms with Crippen LogP contribution >= 0.6 is 11.6 Å². The lowest BCUT2D eigenvalue weighted by molar-refractivity contribution is 0.770. The molecule has 0 aromatic carbocycles. The lowest BCUT2D eigenvalue weighted by Gasteiger charge is -2.14. The standard InChI is InChI=1S/C15H14ClN7O/c1-22-5-3-10(21-22)8-7-23(11-2-4-20-6-9(11)16)15(24)12(13(8)17)14(18)19/h2-7H,17H2,1H3,(H3,18,19). The minimum atomic E-state index is -0.534. The fourth-order valence-corrected chi connectivity index (χ4v) is 2.60. The molecule has 3 heterocycles. The van der Waals surface area contributed by atoms with Crippen LogP contribution < -0.4 is 17.0 Å². The van der Waals surface area contributed by atoms with Crippen molar-refractivity contribution in [1.29, 1.82) is 5.41 Å². The summed E-state index contributed by atoms with van der Waals surface area (Å²) in [5.41, 5.74) is 12.6. The highest BCUT2D eigenvalue weighted by Gasteiger charge is 2.19. The number of rotatable bonds is 3. The Morgan fingerprint density at radius 3 is 2.71 bits per heavy atom. The van der Waals surface area contributed by atoms with Crippen LogP contribution in [0.3, 0.4) is 0 Å². The molecule has 8 nitrogen and oxygen atoms in total. The highest BCUT2D eigenvalue weighted by molar-refractivity contribution is 6.32. The summed E-state index contributed by atoms with van der Waals surface area (Å²) in [6.45, 7) is 0. The molecule has 0 aliphatic rings. The topological polar surface area (TPSA) is 129 Å². The van der Waals surface area contributed by atoms with Crippen LogP contribution in [0.15, 0.2) is 41.7 Å². The van der Waals surface area contributed by atoms with Gasteiger partial charge in [0.1, 0.15) is 11.4 Å². The quantitative estimate of drug-likeness (QED) is 0.485. The van der Waals surface area contributed by atoms with E-state index >= 15 is 0 Å². The Bertz CT molecular complexity index is 1010. The number of pyridine rings is 2. The van der Waals surface area contributed by atoms with E-state index in [4.69, 9.17) is 28.5 Å². The minimum Gasteiger partial charge on any atom is -0.397 e. The summed E-state index contributed by atoms with van der Waals surface area (Å²) in [4.78, 5) is 16.6. The van der Waals surface area contributed by atoms with Crippen LogP contribution in [0.5, 0.6) is 0 Å². The van der Waals surface area contributed by atoms with Crippen molar-refractivity contribution in [3.63, 3.8) is 0 Å². The Kier molecular flexibility index (Phi) is 3.82. The second-order valence-electron chi connectivity index (χ2n) is 5.12. The molecule has 0 saturated heterocycles. The van der Waals surface area contributed by atoms with E-state index in [1.165, 1.54) is 23.2 Å². The summed E-state index contributed by atoms with van der Waals surface area (Å²) in [6.07, 6.45) is 6.22. The van der Waals surface area contributed by atoms with E-state index in [0.29, 0.717) is 16.9 Å². The van der Waals surface area contributed by atoms with E-state index in [9.17, 15) is 4.79 Å². The molecule has 0 spiro atoms. The first-order valence-corrected chi connectivity index (χ1v) is 7.27. The van der Waals surface area contributed by atoms with Gasteiger partial charge in [0.05, 0.1) is 22.1 Å². The van der Waals surface area contributed by atoms with E-state index in [-0.39, 0.29) is 16.3 Å². The van der Waals surface area contributed by atoms with Gasteiger partial charge in [0.25, 0.3) is 5.56 Å². The van der Waals surface area contributed by atoms with Crippen molar-refractivity contribution < 1.29 is 0 Å². The molecule has 3 aromatic rings. The molecular weight excluding hydrogens is 330 g/mol. The zero-order valence-corrected chi connectivity index (χ0v) is 13.4. The van der Waals surface area contributed by atoms with Crippen molar-refractivity contribution in [1.82, 2.24) is 19.3 Å². The minimum absolute atomic E-state index is 0.0916. The molecule has 0 aliphatic carbocycles. The number of nitrogen functional groups attached to an aromatic ring is 2. The number of halogens is 1. The van der Waals surface area contributed by atoms with Gasteiger partial charge in [0.15, 0.2) is 0 Å². The second-order valence-corrected chi connectivity index (χ2v) is 5.53. The number of amidine groups is 1. The van der Waals surface area contributed by atoms with Gasteiger partial charge in [-0.3, -0.25) is 24.4 Å². The first-order chi connectivity index (χ1) is 11.4. The number of hydrogen-bond donors (Lipinski definition) is 3. The molecule has 24 heavy (non-hydrogen) atoms. The van der Waals surface area contributed by atoms with Crippen molar-refractivity contribution in [2.75, 3.05) is 5.73 Å². The van der Waals surface area contributed by atoms with E-state index in [0.717, 1.165) is 0 Å². The van der Waals surface area contributed by atoms with Crippen LogP contribution in [0.1, 0.15) is 5.56 Å². The summed E-state index contributed by atoms with van der Waals surface area (Å²) in [6, 6.07) is 3.34. The first kappa shape index (κ1) is 15.8. The molecule has 3 rings (SSSR count). The van der Waals surface area contributed by atoms with Crippen molar-refractivity contribution in [3.05, 3.63) is 57.9 Å². The molecule has 0 unspecified atom stereocenters. The smallest absolute Gasteiger partial charge is 0.268 e. The molecule has 9 heteroatoms. The predicted molar refractivity (Wildman–Crippen MR) is 92.5 cm³/mol. The molecule has 0 aliphatic heterocycles. The summed E-state index contributed by atoms with van der Waals surface area (Å²) in [5.74, 6) is -0.422. The van der Waals surface area contributed by atoms with Gasteiger partial charge in [0, 0.05) is 37.4 Å². The van der Waals surface area contributed by atoms with Crippen LogP contribution in [0, 0.1) is 5.41 Å². The third-order valence-electron chi connectivity index (χ3n) is 3.52. The van der Waals surface area contributed by atoms with Gasteiger partial charge in [-0.15, -0.1) is 0 Å². The maximum atomic E-state index is 12.7. The molecule has 122 valence electrons. The largest absolute Gasteiger partial charge is 0.397 e. The molecular formula is C15H14ClN7O. The Morgan fingerprint density at radius 2 is 2.12 bits per heavy atom. The summed E-state index contributed by atoms with van der Waals surface area (Å²) in [5, 5.41) is 12.3. The lowest BCUT2D eigenvalue weighted by Crippen LogP contribution is -2.30. The van der Waals surface area contributed by atoms with Crippen LogP contribution in [0.25, 0.3) is 16.9 Å². The third-order valence-corrected chi connectivity index (χ3v) is 3.81. The summed E-state index contributed by atoms with van der Waals surface area (Å²) >= 11 is 6.15. The van der Waals surface area contributed by atoms with Crippen molar-refractivity contribution >= 4 is 23.1 Å². The fourth-order valence-electron chi connectivity index (χ4n) is 2.39. The monoisotopic (exact) mass is 343 g/mol. The highest BCUT2D eigenvalue weighted by atomic mass is 35.5. The molecule has 5 N–H and O–H groups in total. The number of hydrogen-bond acceptors (Lipinski definition) is 5. The fraction of sp³-hybridized carbons (Fsp3) is 0.0667. The van der Waals surface area contributed by atoms with Crippen molar-refractivity contribution in [2.24, 2.45) is 12.8 Å². The Hall–Kier alpha value is -3.13. The number of nitrogens with two attached hydrogens (primary N) is 2. The number of nitrogens with one attached hydrogen (secondary N) is 1. The van der Waals surface area contributed by atoms with E-state index in [1.54, 1.807) is 30.1 Å². The zero-order valence-electron chi connectivity index (χ0n) is 12.7. The third kappa shape index (κ3) is 2.52. The predicted octanol–water partition coefficient (Wildman–Crippen LogP) is 1.15. The molecule has 0 fully saturated rings. The van der Waals surface area contributed by atoms with Crippen molar-refractivity contribution in [2.45, 2.75) is 0 Å². The first-order valence-electron chi connectivity index (χ1n) is 6.89. The van der Waals surface area contributed by atoms with E-state index < -0.39 is 11.4 Å². The van der Waals surface area contributed by atoms with Gasteiger partial charge in [-0.25, -0.2) is 0 Å². The zero-order chi connectivity index (χ0) is 17.4. The SMILES string of the molecule is Cn1ccc(-c2cn(-c3ccncc3Cl)c(=O)c(C(=N)N)c2N)n1. The number of nitrogens with zero attached hydrogens (tertiary/aromatic N) is 4. The van der Waals surface area contributed by atoms with Crippen LogP contribution in [0.2, 0.25) is 5.02 Å². The van der Waals surface area contributed by atoms with Gasteiger partial charge in [0.2, 0.25) is 0 Å². The van der Waals surface area contributed by atoms with Crippen molar-refractivity contribution in [3.8, 4) is 16.9 Å². The van der Waals surface area contributed by atoms with Gasteiger partial charge in [-0.1, -0.05) is 11.6 Å². The van der Waals surface area contributed by atoms with Gasteiger partial charge < -0.3 is 11.5 Å². The maximum Gasteiger partial charge on any atom is 0.268 e. The Labute approximate surface area is 141 Å². The molecule has 0 saturated carbocycles. The molecule has 0 radical (unpaired) electrons. The molecule has 0 bridgehead atoms. The summed E-state index contributed by atoms with van der Waals surface area (Å²) in [7, 11) is 1.77. The Morgan fingerprint density at radius 1 is 1.38 bits per heavy atom. The number of aryl methyl sites for hydroxylation is 1. The van der Waals surface area contributed by atoms with Gasteiger partial charge >= 0.3 is 0 Å². The average molecular weight is 344 g/mol. The Balaban J connectivity index is 2.39. The van der Waals surface area contributed by atoms with Gasteiger partial charge in [-0.2, -0.15) is 5.10 Å². The molecule has 3 aromatic heterocycles. The number of anilines is 1. The van der Waals surface area contributed by atoms with Crippen LogP contribution in [0.4, 0.5) is 5.69 Å². The molecule has 0 amide bonds. The highest BCUT2D eigenvalue weighted by Crippen LogP contribution is 2.27. The average Bonchev–Trinajstić information content (AvgIpc) is 2.94. The second kappa shape index (κ2) is 5.82. The van der Waals surface area contributed by atoms with E-state index in [2.05, 4.69) is 10.1 Å². The summed E-state index contributed by atoms with van der Waals surface area (Å²) < 4.78 is 2.90. The normalized spacial score (nSPS) is 10.8. The van der Waals surface area contributed by atoms with Crippen LogP contribution in [-0.4, -0.2) is 25.2 Å². The number of aromatic nitrogens is 4. The van der Waals surface area contributed by atoms with E-state index in [1.807, 2.05) is 0 Å². The van der Waals surface area contributed by atoms with Crippen LogP contribution in [-0.2, 0) is 7.05 Å². The maximum absolute atomic E-state index is 12.7. The molecule has 0 atom stereocenters.